The summed E-state index contributed by atoms with van der Waals surface area (Å²) in [6.07, 6.45) is 0. The molecule has 0 radical (unpaired) electrons. The number of allylic oxidation sites excluding steroid dienone is 1. The Balaban J connectivity index is 2.69. The van der Waals surface area contributed by atoms with Crippen LogP contribution in [0.3, 0.4) is 0 Å². The number of hydrogen-bond acceptors (Lipinski definition) is 1. The van der Waals surface area contributed by atoms with Crippen molar-refractivity contribution in [3.05, 3.63) is 88.9 Å². The predicted octanol–water partition coefficient (Wildman–Crippen LogP) is 3.89. The van der Waals surface area contributed by atoms with Crippen LogP contribution in [0.25, 0.3) is 10.4 Å². The van der Waals surface area contributed by atoms with Crippen LogP contribution in [0.4, 0.5) is 0 Å². The Hall–Kier alpha value is -2.84. The SMILES string of the molecule is [C-]#[N+]C(C#N)=C(c1ccccc1)c1ccccc1. The van der Waals surface area contributed by atoms with Crippen molar-refractivity contribution in [2.45, 2.75) is 0 Å². The van der Waals surface area contributed by atoms with E-state index in [-0.39, 0.29) is 5.70 Å². The molecule has 2 rings (SSSR count). The predicted molar refractivity (Wildman–Crippen MR) is 71.1 cm³/mol. The summed E-state index contributed by atoms with van der Waals surface area (Å²) in [4.78, 5) is 3.33. The van der Waals surface area contributed by atoms with Crippen LogP contribution in [0.15, 0.2) is 66.4 Å². The zero-order chi connectivity index (χ0) is 12.8. The van der Waals surface area contributed by atoms with Crippen LogP contribution in [0.5, 0.6) is 0 Å². The van der Waals surface area contributed by atoms with Crippen molar-refractivity contribution < 1.29 is 0 Å². The van der Waals surface area contributed by atoms with Crippen LogP contribution < -0.4 is 0 Å². The first-order chi connectivity index (χ1) is 8.86. The summed E-state index contributed by atoms with van der Waals surface area (Å²) in [6.45, 7) is 7.13. The average Bonchev–Trinajstić information content (AvgIpc) is 2.46. The molecule has 0 atom stereocenters. The second-order valence-corrected chi connectivity index (χ2v) is 3.68. The van der Waals surface area contributed by atoms with E-state index in [1.54, 1.807) is 0 Å². The molecule has 0 amide bonds. The number of nitrogens with zero attached hydrogens (tertiary/aromatic N) is 2. The van der Waals surface area contributed by atoms with E-state index in [2.05, 4.69) is 4.85 Å². The summed E-state index contributed by atoms with van der Waals surface area (Å²) in [5.74, 6) is 0. The number of benzene rings is 2. The first-order valence-electron chi connectivity index (χ1n) is 5.49. The summed E-state index contributed by atoms with van der Waals surface area (Å²) >= 11 is 0. The minimum absolute atomic E-state index is 0.118. The summed E-state index contributed by atoms with van der Waals surface area (Å²) in [7, 11) is 0. The summed E-state index contributed by atoms with van der Waals surface area (Å²) in [5, 5.41) is 9.10. The summed E-state index contributed by atoms with van der Waals surface area (Å²) in [5.41, 5.74) is 2.58. The smallest absolute Gasteiger partial charge is 0.226 e. The minimum atomic E-state index is 0.118. The van der Waals surface area contributed by atoms with Crippen molar-refractivity contribution in [1.29, 1.82) is 5.26 Å². The molecule has 0 aliphatic rings. The standard InChI is InChI=1S/C16H10N2/c1-18-15(12-17)16(13-8-4-2-5-9-13)14-10-6-3-7-11-14/h2-11H. The average molecular weight is 230 g/mol. The molecule has 0 aliphatic carbocycles. The lowest BCUT2D eigenvalue weighted by atomic mass is 9.96. The molecule has 0 saturated heterocycles. The highest BCUT2D eigenvalue weighted by Crippen LogP contribution is 2.27. The van der Waals surface area contributed by atoms with Gasteiger partial charge < -0.3 is 0 Å². The Morgan fingerprint density at radius 1 is 0.889 bits per heavy atom. The lowest BCUT2D eigenvalue weighted by molar-refractivity contribution is 1.47. The van der Waals surface area contributed by atoms with Gasteiger partial charge >= 0.3 is 0 Å². The third-order valence-corrected chi connectivity index (χ3v) is 2.58. The molecule has 18 heavy (non-hydrogen) atoms. The Labute approximate surface area is 106 Å². The van der Waals surface area contributed by atoms with Gasteiger partial charge in [-0.3, -0.25) is 0 Å². The molecule has 0 saturated carbocycles. The van der Waals surface area contributed by atoms with Gasteiger partial charge in [-0.25, -0.2) is 10.1 Å². The van der Waals surface area contributed by atoms with Gasteiger partial charge in [0.2, 0.25) is 0 Å². The lowest BCUT2D eigenvalue weighted by Gasteiger charge is -2.08. The fourth-order valence-corrected chi connectivity index (χ4v) is 1.79. The normalized spacial score (nSPS) is 9.00. The Kier molecular flexibility index (Phi) is 3.54. The summed E-state index contributed by atoms with van der Waals surface area (Å²) < 4.78 is 0. The van der Waals surface area contributed by atoms with E-state index in [4.69, 9.17) is 11.8 Å². The second kappa shape index (κ2) is 5.48. The van der Waals surface area contributed by atoms with Crippen LogP contribution in [0.1, 0.15) is 11.1 Å². The summed E-state index contributed by atoms with van der Waals surface area (Å²) in [6, 6.07) is 21.0. The van der Waals surface area contributed by atoms with Crippen molar-refractivity contribution in [3.8, 4) is 6.07 Å². The maximum Gasteiger partial charge on any atom is 0.270 e. The molecule has 0 spiro atoms. The topological polar surface area (TPSA) is 28.1 Å². The van der Waals surface area contributed by atoms with Crippen molar-refractivity contribution in [2.24, 2.45) is 0 Å². The van der Waals surface area contributed by atoms with Crippen molar-refractivity contribution in [1.82, 2.24) is 0 Å². The second-order valence-electron chi connectivity index (χ2n) is 3.68. The molecular weight excluding hydrogens is 220 g/mol. The molecule has 0 aliphatic heterocycles. The van der Waals surface area contributed by atoms with Crippen LogP contribution >= 0.6 is 0 Å². The highest BCUT2D eigenvalue weighted by Gasteiger charge is 2.10. The van der Waals surface area contributed by atoms with E-state index in [1.165, 1.54) is 0 Å². The number of nitriles is 1. The van der Waals surface area contributed by atoms with Crippen LogP contribution in [0.2, 0.25) is 0 Å². The van der Waals surface area contributed by atoms with E-state index >= 15 is 0 Å². The third kappa shape index (κ3) is 2.29. The van der Waals surface area contributed by atoms with E-state index in [0.717, 1.165) is 11.1 Å². The van der Waals surface area contributed by atoms with E-state index in [0.29, 0.717) is 5.57 Å². The van der Waals surface area contributed by atoms with E-state index < -0.39 is 0 Å². The first kappa shape index (κ1) is 11.6. The maximum absolute atomic E-state index is 9.10. The first-order valence-corrected chi connectivity index (χ1v) is 5.49. The Bertz CT molecular complexity index is 583. The van der Waals surface area contributed by atoms with E-state index in [9.17, 15) is 0 Å². The monoisotopic (exact) mass is 230 g/mol. The zero-order valence-corrected chi connectivity index (χ0v) is 9.67. The van der Waals surface area contributed by atoms with Gasteiger partial charge in [-0.15, -0.1) is 0 Å². The van der Waals surface area contributed by atoms with Gasteiger partial charge in [0.25, 0.3) is 5.70 Å². The van der Waals surface area contributed by atoms with Crippen molar-refractivity contribution in [2.75, 3.05) is 0 Å². The number of rotatable bonds is 2. The molecule has 0 unspecified atom stereocenters. The molecule has 0 bridgehead atoms. The highest BCUT2D eigenvalue weighted by molar-refractivity contribution is 5.85. The van der Waals surface area contributed by atoms with Gasteiger partial charge in [-0.05, 0) is 11.1 Å². The van der Waals surface area contributed by atoms with E-state index in [1.807, 2.05) is 66.7 Å². The molecule has 0 heterocycles. The molecule has 0 aromatic heterocycles. The van der Waals surface area contributed by atoms with Gasteiger partial charge in [0, 0.05) is 5.57 Å². The van der Waals surface area contributed by atoms with Gasteiger partial charge in [-0.2, -0.15) is 0 Å². The molecule has 2 heteroatoms. The van der Waals surface area contributed by atoms with Crippen LogP contribution in [-0.4, -0.2) is 0 Å². The quantitative estimate of drug-likeness (QED) is 0.568. The molecule has 0 N–H and O–H groups in total. The third-order valence-electron chi connectivity index (χ3n) is 2.58. The van der Waals surface area contributed by atoms with Crippen molar-refractivity contribution in [3.63, 3.8) is 0 Å². The maximum atomic E-state index is 9.10. The lowest BCUT2D eigenvalue weighted by Crippen LogP contribution is -1.90. The van der Waals surface area contributed by atoms with Gasteiger partial charge in [0.1, 0.15) is 0 Å². The molecule has 0 fully saturated rings. The minimum Gasteiger partial charge on any atom is -0.226 e. The number of hydrogen-bond donors (Lipinski definition) is 0. The highest BCUT2D eigenvalue weighted by atomic mass is 14.7. The largest absolute Gasteiger partial charge is 0.270 e. The van der Waals surface area contributed by atoms with Gasteiger partial charge in [-0.1, -0.05) is 60.7 Å². The fourth-order valence-electron chi connectivity index (χ4n) is 1.79. The van der Waals surface area contributed by atoms with Gasteiger partial charge in [0.05, 0.1) is 12.6 Å². The molecular formula is C16H10N2. The fraction of sp³-hybridized carbons (Fsp3) is 0. The van der Waals surface area contributed by atoms with Gasteiger partial charge in [0.15, 0.2) is 0 Å². The molecule has 2 aromatic rings. The molecule has 2 nitrogen and oxygen atoms in total. The van der Waals surface area contributed by atoms with Crippen LogP contribution in [0, 0.1) is 17.9 Å². The zero-order valence-electron chi connectivity index (χ0n) is 9.67. The van der Waals surface area contributed by atoms with Crippen LogP contribution in [-0.2, 0) is 0 Å². The molecule has 84 valence electrons. The molecule has 2 aromatic carbocycles. The Morgan fingerprint density at radius 2 is 1.33 bits per heavy atom. The Morgan fingerprint density at radius 3 is 1.67 bits per heavy atom. The van der Waals surface area contributed by atoms with Crippen molar-refractivity contribution >= 4 is 5.57 Å².